The predicted octanol–water partition coefficient (Wildman–Crippen LogP) is 4.76. The average Bonchev–Trinajstić information content (AvgIpc) is 3.19. The normalized spacial score (nSPS) is 11.0. The maximum absolute atomic E-state index is 13.4. The maximum atomic E-state index is 13.4. The fourth-order valence-corrected chi connectivity index (χ4v) is 3.33. The molecule has 25 heavy (non-hydrogen) atoms. The molecule has 0 saturated heterocycles. The van der Waals surface area contributed by atoms with Crippen LogP contribution in [0, 0.1) is 12.7 Å². The number of aromatic nitrogens is 2. The van der Waals surface area contributed by atoms with E-state index in [0.717, 1.165) is 21.8 Å². The number of amides is 1. The smallest absolute Gasteiger partial charge is 0.256 e. The minimum Gasteiger partial charge on any atom is -0.322 e. The average molecular weight is 351 g/mol. The van der Waals surface area contributed by atoms with Crippen LogP contribution in [0.4, 0.5) is 10.1 Å². The van der Waals surface area contributed by atoms with E-state index in [0.29, 0.717) is 11.3 Å². The molecule has 0 saturated carbocycles. The highest BCUT2D eigenvalue weighted by Crippen LogP contribution is 2.23. The molecule has 4 nitrogen and oxygen atoms in total. The van der Waals surface area contributed by atoms with Gasteiger partial charge in [0, 0.05) is 34.6 Å². The first-order valence-electron chi connectivity index (χ1n) is 7.70. The van der Waals surface area contributed by atoms with Gasteiger partial charge in [-0.25, -0.2) is 9.37 Å². The molecule has 0 aliphatic heterocycles. The molecule has 2 aromatic carbocycles. The number of nitrogens with one attached hydrogen (secondary N) is 1. The highest BCUT2D eigenvalue weighted by molar-refractivity contribution is 7.15. The number of halogens is 1. The molecule has 124 valence electrons. The van der Waals surface area contributed by atoms with Gasteiger partial charge in [-0.15, -0.1) is 11.3 Å². The summed E-state index contributed by atoms with van der Waals surface area (Å²) < 4.78 is 15.3. The number of benzene rings is 2. The lowest BCUT2D eigenvalue weighted by molar-refractivity contribution is 0.102. The molecule has 1 N–H and O–H groups in total. The van der Waals surface area contributed by atoms with Crippen molar-refractivity contribution in [3.8, 4) is 11.3 Å². The van der Waals surface area contributed by atoms with Gasteiger partial charge in [0.25, 0.3) is 5.91 Å². The monoisotopic (exact) mass is 351 g/mol. The number of rotatable bonds is 3. The second-order valence-corrected chi connectivity index (χ2v) is 6.58. The minimum absolute atomic E-state index is 0.327. The summed E-state index contributed by atoms with van der Waals surface area (Å²) in [5.74, 6) is -0.752. The van der Waals surface area contributed by atoms with E-state index in [2.05, 4.69) is 10.3 Å². The number of aryl methyl sites for hydroxylation is 1. The summed E-state index contributed by atoms with van der Waals surface area (Å²) in [4.78, 5) is 17.8. The summed E-state index contributed by atoms with van der Waals surface area (Å²) in [5.41, 5.74) is 3.56. The lowest BCUT2D eigenvalue weighted by Gasteiger charge is -2.08. The van der Waals surface area contributed by atoms with Gasteiger partial charge in [-0.3, -0.25) is 9.20 Å². The van der Waals surface area contributed by atoms with Crippen molar-refractivity contribution < 1.29 is 9.18 Å². The largest absolute Gasteiger partial charge is 0.322 e. The number of anilines is 1. The lowest BCUT2D eigenvalue weighted by Crippen LogP contribution is -2.13. The van der Waals surface area contributed by atoms with Gasteiger partial charge in [-0.2, -0.15) is 0 Å². The van der Waals surface area contributed by atoms with E-state index < -0.39 is 5.82 Å². The van der Waals surface area contributed by atoms with E-state index in [1.54, 1.807) is 24.3 Å². The Morgan fingerprint density at radius 2 is 2.00 bits per heavy atom. The lowest BCUT2D eigenvalue weighted by atomic mass is 10.1. The van der Waals surface area contributed by atoms with Crippen LogP contribution in [0.25, 0.3) is 16.2 Å². The van der Waals surface area contributed by atoms with E-state index in [-0.39, 0.29) is 5.91 Å². The molecule has 2 aromatic heterocycles. The molecule has 0 aliphatic carbocycles. The Balaban J connectivity index is 1.55. The predicted molar refractivity (Wildman–Crippen MR) is 97.6 cm³/mol. The highest BCUT2D eigenvalue weighted by Gasteiger charge is 2.11. The Labute approximate surface area is 147 Å². The molecule has 0 bridgehead atoms. The standard InChI is InChI=1S/C19H14FN3OS/c1-12-2-5-14(20)10-16(12)18(24)21-15-6-3-13(4-7-15)17-11-23-8-9-25-19(23)22-17/h2-11H,1H3,(H,21,24). The van der Waals surface area contributed by atoms with E-state index in [1.807, 2.05) is 46.4 Å². The molecule has 0 radical (unpaired) electrons. The van der Waals surface area contributed by atoms with Crippen LogP contribution in [0.15, 0.2) is 60.2 Å². The van der Waals surface area contributed by atoms with Crippen LogP contribution in [0.1, 0.15) is 15.9 Å². The Hall–Kier alpha value is -2.99. The van der Waals surface area contributed by atoms with Gasteiger partial charge in [-0.1, -0.05) is 18.2 Å². The number of nitrogens with zero attached hydrogens (tertiary/aromatic N) is 2. The zero-order valence-electron chi connectivity index (χ0n) is 13.4. The second kappa shape index (κ2) is 6.14. The third kappa shape index (κ3) is 3.04. The summed E-state index contributed by atoms with van der Waals surface area (Å²) in [7, 11) is 0. The van der Waals surface area contributed by atoms with Crippen molar-refractivity contribution in [1.29, 1.82) is 0 Å². The fourth-order valence-electron chi connectivity index (χ4n) is 2.63. The number of carbonyl (C=O) groups excluding carboxylic acids is 1. The molecule has 2 heterocycles. The van der Waals surface area contributed by atoms with Crippen LogP contribution in [0.5, 0.6) is 0 Å². The van der Waals surface area contributed by atoms with Gasteiger partial charge in [0.15, 0.2) is 4.96 Å². The van der Waals surface area contributed by atoms with Crippen molar-refractivity contribution in [2.75, 3.05) is 5.32 Å². The summed E-state index contributed by atoms with van der Waals surface area (Å²) in [6, 6.07) is 11.6. The Kier molecular flexibility index (Phi) is 3.82. The van der Waals surface area contributed by atoms with Crippen molar-refractivity contribution in [2.45, 2.75) is 6.92 Å². The maximum Gasteiger partial charge on any atom is 0.256 e. The molecule has 0 fully saturated rings. The quantitative estimate of drug-likeness (QED) is 0.578. The van der Waals surface area contributed by atoms with E-state index in [4.69, 9.17) is 0 Å². The Morgan fingerprint density at radius 3 is 2.76 bits per heavy atom. The van der Waals surface area contributed by atoms with Crippen molar-refractivity contribution in [3.63, 3.8) is 0 Å². The molecule has 0 aliphatic rings. The van der Waals surface area contributed by atoms with Gasteiger partial charge in [-0.05, 0) is 36.8 Å². The first kappa shape index (κ1) is 15.5. The van der Waals surface area contributed by atoms with Crippen LogP contribution in [0.2, 0.25) is 0 Å². The highest BCUT2D eigenvalue weighted by atomic mass is 32.1. The third-order valence-electron chi connectivity index (χ3n) is 3.98. The molecule has 0 unspecified atom stereocenters. The molecule has 4 aromatic rings. The summed E-state index contributed by atoms with van der Waals surface area (Å²) in [5, 5.41) is 4.78. The van der Waals surface area contributed by atoms with Crippen LogP contribution in [0.3, 0.4) is 0 Å². The molecule has 0 spiro atoms. The molecular weight excluding hydrogens is 337 g/mol. The van der Waals surface area contributed by atoms with E-state index in [1.165, 1.54) is 12.1 Å². The number of hydrogen-bond donors (Lipinski definition) is 1. The zero-order valence-corrected chi connectivity index (χ0v) is 14.2. The van der Waals surface area contributed by atoms with Crippen LogP contribution < -0.4 is 5.32 Å². The van der Waals surface area contributed by atoms with Gasteiger partial charge < -0.3 is 5.32 Å². The number of fused-ring (bicyclic) bond motifs is 1. The Bertz CT molecular complexity index is 1040. The summed E-state index contributed by atoms with van der Waals surface area (Å²) >= 11 is 1.58. The van der Waals surface area contributed by atoms with Gasteiger partial charge >= 0.3 is 0 Å². The van der Waals surface area contributed by atoms with E-state index in [9.17, 15) is 9.18 Å². The van der Waals surface area contributed by atoms with Crippen molar-refractivity contribution >= 4 is 27.9 Å². The van der Waals surface area contributed by atoms with E-state index >= 15 is 0 Å². The molecule has 0 atom stereocenters. The second-order valence-electron chi connectivity index (χ2n) is 5.71. The topological polar surface area (TPSA) is 46.4 Å². The van der Waals surface area contributed by atoms with Crippen molar-refractivity contribution in [2.24, 2.45) is 0 Å². The number of imidazole rings is 1. The zero-order chi connectivity index (χ0) is 17.4. The molecule has 1 amide bonds. The first-order valence-corrected chi connectivity index (χ1v) is 8.58. The van der Waals surface area contributed by atoms with Crippen molar-refractivity contribution in [1.82, 2.24) is 9.38 Å². The number of carbonyl (C=O) groups is 1. The summed E-state index contributed by atoms with van der Waals surface area (Å²) in [6.45, 7) is 1.78. The number of thiazole rings is 1. The third-order valence-corrected chi connectivity index (χ3v) is 4.75. The van der Waals surface area contributed by atoms with Crippen molar-refractivity contribution in [3.05, 3.63) is 77.2 Å². The van der Waals surface area contributed by atoms with Gasteiger partial charge in [0.1, 0.15) is 5.82 Å². The van der Waals surface area contributed by atoms with Crippen LogP contribution in [-0.2, 0) is 0 Å². The fraction of sp³-hybridized carbons (Fsp3) is 0.0526. The molecular formula is C19H14FN3OS. The number of hydrogen-bond acceptors (Lipinski definition) is 3. The van der Waals surface area contributed by atoms with Crippen LogP contribution >= 0.6 is 11.3 Å². The summed E-state index contributed by atoms with van der Waals surface area (Å²) in [6.07, 6.45) is 3.93. The van der Waals surface area contributed by atoms with Gasteiger partial charge in [0.2, 0.25) is 0 Å². The Morgan fingerprint density at radius 1 is 1.20 bits per heavy atom. The molecule has 4 rings (SSSR count). The van der Waals surface area contributed by atoms with Crippen LogP contribution in [-0.4, -0.2) is 15.3 Å². The van der Waals surface area contributed by atoms with Gasteiger partial charge in [0.05, 0.1) is 5.69 Å². The SMILES string of the molecule is Cc1ccc(F)cc1C(=O)Nc1ccc(-c2cn3ccsc3n2)cc1. The minimum atomic E-state index is -0.425. The first-order chi connectivity index (χ1) is 12.1. The molecule has 6 heteroatoms.